The van der Waals surface area contributed by atoms with E-state index in [2.05, 4.69) is 31.9 Å². The van der Waals surface area contributed by atoms with Crippen LogP contribution in [0.25, 0.3) is 0 Å². The van der Waals surface area contributed by atoms with Gasteiger partial charge in [0.1, 0.15) is 11.5 Å². The third-order valence-corrected chi connectivity index (χ3v) is 4.27. The molecule has 0 saturated heterocycles. The predicted octanol–water partition coefficient (Wildman–Crippen LogP) is 5.02. The van der Waals surface area contributed by atoms with Crippen molar-refractivity contribution in [3.63, 3.8) is 0 Å². The first-order valence-electron chi connectivity index (χ1n) is 6.34. The number of aryl methyl sites for hydroxylation is 4. The Kier molecular flexibility index (Phi) is 4.76. The molecule has 2 rings (SSSR count). The summed E-state index contributed by atoms with van der Waals surface area (Å²) >= 11 is 6.89. The molecule has 0 heterocycles. The lowest BCUT2D eigenvalue weighted by Crippen LogP contribution is -1.95. The Labute approximate surface area is 135 Å². The summed E-state index contributed by atoms with van der Waals surface area (Å²) in [4.78, 5) is 0. The van der Waals surface area contributed by atoms with Gasteiger partial charge in [-0.3, -0.25) is 0 Å². The lowest BCUT2D eigenvalue weighted by Gasteiger charge is -2.11. The fraction of sp³-hybridized carbons (Fsp3) is 0.250. The van der Waals surface area contributed by atoms with Crippen LogP contribution < -0.4 is 0 Å². The zero-order valence-electron chi connectivity index (χ0n) is 11.4. The first-order chi connectivity index (χ1) is 9.38. The number of aromatic hydroxyl groups is 2. The van der Waals surface area contributed by atoms with E-state index in [9.17, 15) is 10.2 Å². The molecule has 0 bridgehead atoms. The quantitative estimate of drug-likeness (QED) is 0.760. The Morgan fingerprint density at radius 2 is 1.10 bits per heavy atom. The maximum atomic E-state index is 10.1. The van der Waals surface area contributed by atoms with Crippen molar-refractivity contribution < 1.29 is 10.2 Å². The molecule has 4 heteroatoms. The van der Waals surface area contributed by atoms with Gasteiger partial charge in [0.05, 0.1) is 0 Å². The molecule has 0 aliphatic carbocycles. The molecule has 0 amide bonds. The third kappa shape index (κ3) is 3.36. The molecule has 0 aliphatic rings. The van der Waals surface area contributed by atoms with E-state index in [1.807, 2.05) is 38.1 Å². The fourth-order valence-corrected chi connectivity index (χ4v) is 3.50. The standard InChI is InChI=1S/C16H16Br2O2/c1-9-5-13(17)7-11(15(9)19)3-4-12-8-14(18)6-10(2)16(12)20/h5-8,19-20H,3-4H2,1-2H3. The van der Waals surface area contributed by atoms with Crippen molar-refractivity contribution in [1.82, 2.24) is 0 Å². The molecule has 2 N–H and O–H groups in total. The van der Waals surface area contributed by atoms with Crippen molar-refractivity contribution in [3.05, 3.63) is 55.5 Å². The van der Waals surface area contributed by atoms with Gasteiger partial charge in [0.15, 0.2) is 0 Å². The van der Waals surface area contributed by atoms with Gasteiger partial charge < -0.3 is 10.2 Å². The highest BCUT2D eigenvalue weighted by Crippen LogP contribution is 2.31. The zero-order valence-corrected chi connectivity index (χ0v) is 14.5. The minimum absolute atomic E-state index is 0.333. The van der Waals surface area contributed by atoms with Crippen LogP contribution >= 0.6 is 31.9 Å². The highest BCUT2D eigenvalue weighted by Gasteiger charge is 2.10. The summed E-state index contributed by atoms with van der Waals surface area (Å²) in [6.07, 6.45) is 1.35. The summed E-state index contributed by atoms with van der Waals surface area (Å²) in [7, 11) is 0. The third-order valence-electron chi connectivity index (χ3n) is 3.35. The maximum absolute atomic E-state index is 10.1. The second-order valence-corrected chi connectivity index (χ2v) is 6.79. The van der Waals surface area contributed by atoms with Gasteiger partial charge in [-0.05, 0) is 73.2 Å². The molecule has 20 heavy (non-hydrogen) atoms. The monoisotopic (exact) mass is 398 g/mol. The van der Waals surface area contributed by atoms with Crippen LogP contribution in [0.1, 0.15) is 22.3 Å². The minimum Gasteiger partial charge on any atom is -0.507 e. The van der Waals surface area contributed by atoms with Gasteiger partial charge in [-0.1, -0.05) is 31.9 Å². The second kappa shape index (κ2) is 6.19. The molecule has 0 aromatic heterocycles. The highest BCUT2D eigenvalue weighted by molar-refractivity contribution is 9.10. The molecular weight excluding hydrogens is 384 g/mol. The van der Waals surface area contributed by atoms with E-state index < -0.39 is 0 Å². The first kappa shape index (κ1) is 15.4. The van der Waals surface area contributed by atoms with Crippen molar-refractivity contribution >= 4 is 31.9 Å². The molecule has 0 atom stereocenters. The van der Waals surface area contributed by atoms with Gasteiger partial charge in [-0.2, -0.15) is 0 Å². The van der Waals surface area contributed by atoms with E-state index in [0.717, 1.165) is 31.2 Å². The molecule has 0 saturated carbocycles. The Bertz CT molecular complexity index is 594. The minimum atomic E-state index is 0.333. The molecular formula is C16H16Br2O2. The van der Waals surface area contributed by atoms with Gasteiger partial charge >= 0.3 is 0 Å². The molecule has 2 aromatic rings. The van der Waals surface area contributed by atoms with Crippen LogP contribution in [-0.4, -0.2) is 10.2 Å². The molecule has 106 valence electrons. The maximum Gasteiger partial charge on any atom is 0.121 e. The van der Waals surface area contributed by atoms with Crippen LogP contribution in [0.2, 0.25) is 0 Å². The van der Waals surface area contributed by atoms with Crippen molar-refractivity contribution in [3.8, 4) is 11.5 Å². The lowest BCUT2D eigenvalue weighted by atomic mass is 10.00. The van der Waals surface area contributed by atoms with E-state index >= 15 is 0 Å². The first-order valence-corrected chi connectivity index (χ1v) is 7.93. The van der Waals surface area contributed by atoms with Crippen molar-refractivity contribution in [2.45, 2.75) is 26.7 Å². The van der Waals surface area contributed by atoms with Crippen molar-refractivity contribution in [2.75, 3.05) is 0 Å². The number of halogens is 2. The van der Waals surface area contributed by atoms with Crippen LogP contribution in [0.15, 0.2) is 33.2 Å². The molecule has 2 aromatic carbocycles. The Morgan fingerprint density at radius 3 is 1.45 bits per heavy atom. The van der Waals surface area contributed by atoms with Crippen LogP contribution in [0.5, 0.6) is 11.5 Å². The number of hydrogen-bond donors (Lipinski definition) is 2. The number of benzene rings is 2. The van der Waals surface area contributed by atoms with Crippen molar-refractivity contribution in [2.24, 2.45) is 0 Å². The molecule has 0 aliphatic heterocycles. The topological polar surface area (TPSA) is 40.5 Å². The van der Waals surface area contributed by atoms with Crippen LogP contribution in [-0.2, 0) is 12.8 Å². The lowest BCUT2D eigenvalue weighted by molar-refractivity contribution is 0.458. The van der Waals surface area contributed by atoms with Gasteiger partial charge in [-0.15, -0.1) is 0 Å². The highest BCUT2D eigenvalue weighted by atomic mass is 79.9. The van der Waals surface area contributed by atoms with Crippen LogP contribution in [0.3, 0.4) is 0 Å². The predicted molar refractivity (Wildman–Crippen MR) is 88.5 cm³/mol. The fourth-order valence-electron chi connectivity index (χ4n) is 2.26. The number of hydrogen-bond acceptors (Lipinski definition) is 2. The average Bonchev–Trinajstić information content (AvgIpc) is 2.37. The summed E-state index contributed by atoms with van der Waals surface area (Å²) in [6.45, 7) is 3.76. The van der Waals surface area contributed by atoms with Gasteiger partial charge in [-0.25, -0.2) is 0 Å². The number of phenols is 2. The Hall–Kier alpha value is -1.00. The van der Waals surface area contributed by atoms with Crippen molar-refractivity contribution in [1.29, 1.82) is 0 Å². The van der Waals surface area contributed by atoms with Gasteiger partial charge in [0.2, 0.25) is 0 Å². The summed E-state index contributed by atoms with van der Waals surface area (Å²) < 4.78 is 1.91. The Balaban J connectivity index is 2.26. The molecule has 0 spiro atoms. The van der Waals surface area contributed by atoms with Crippen LogP contribution in [0, 0.1) is 13.8 Å². The van der Waals surface area contributed by atoms with Gasteiger partial charge in [0, 0.05) is 8.95 Å². The van der Waals surface area contributed by atoms with E-state index in [0.29, 0.717) is 24.3 Å². The Morgan fingerprint density at radius 1 is 0.750 bits per heavy atom. The summed E-state index contributed by atoms with van der Waals surface area (Å²) in [5, 5.41) is 20.2. The van der Waals surface area contributed by atoms with Gasteiger partial charge in [0.25, 0.3) is 0 Å². The molecule has 0 unspecified atom stereocenters. The molecule has 0 radical (unpaired) electrons. The van der Waals surface area contributed by atoms with E-state index in [4.69, 9.17) is 0 Å². The van der Waals surface area contributed by atoms with E-state index in [-0.39, 0.29) is 0 Å². The largest absolute Gasteiger partial charge is 0.507 e. The number of phenolic OH excluding ortho intramolecular Hbond substituents is 2. The van der Waals surface area contributed by atoms with E-state index in [1.165, 1.54) is 0 Å². The summed E-state index contributed by atoms with van der Waals surface area (Å²) in [5.74, 6) is 0.666. The van der Waals surface area contributed by atoms with E-state index in [1.54, 1.807) is 0 Å². The smallest absolute Gasteiger partial charge is 0.121 e. The second-order valence-electron chi connectivity index (χ2n) is 4.96. The average molecular weight is 400 g/mol. The summed E-state index contributed by atoms with van der Waals surface area (Å²) in [5.41, 5.74) is 3.47. The number of rotatable bonds is 3. The molecule has 2 nitrogen and oxygen atoms in total. The SMILES string of the molecule is Cc1cc(Br)cc(CCc2cc(Br)cc(C)c2O)c1O. The normalized spacial score (nSPS) is 10.8. The molecule has 0 fully saturated rings. The summed E-state index contributed by atoms with van der Waals surface area (Å²) in [6, 6.07) is 7.62. The zero-order chi connectivity index (χ0) is 14.9. The van der Waals surface area contributed by atoms with Crippen LogP contribution in [0.4, 0.5) is 0 Å².